The number of nitrogens with two attached hydrogens (primary N) is 1. The summed E-state index contributed by atoms with van der Waals surface area (Å²) in [5.41, 5.74) is 6.73. The number of pyridine rings is 1. The van der Waals surface area contributed by atoms with E-state index in [1.54, 1.807) is 25.3 Å². The second-order valence-corrected chi connectivity index (χ2v) is 4.17. The highest BCUT2D eigenvalue weighted by Crippen LogP contribution is 2.22. The molecule has 0 spiro atoms. The summed E-state index contributed by atoms with van der Waals surface area (Å²) in [7, 11) is 0. The third-order valence-corrected chi connectivity index (χ3v) is 2.62. The van der Waals surface area contributed by atoms with Crippen molar-refractivity contribution in [3.05, 3.63) is 57.9 Å². The lowest BCUT2D eigenvalue weighted by atomic mass is 10.1. The first kappa shape index (κ1) is 13.5. The number of carbonyl (C=O) groups is 1. The molecular formula is C13H12N4O3. The van der Waals surface area contributed by atoms with Crippen LogP contribution in [-0.4, -0.2) is 15.8 Å². The van der Waals surface area contributed by atoms with Crippen molar-refractivity contribution in [2.75, 3.05) is 11.1 Å². The van der Waals surface area contributed by atoms with E-state index in [2.05, 4.69) is 10.3 Å². The van der Waals surface area contributed by atoms with E-state index in [1.165, 1.54) is 18.2 Å². The number of nitrogen functional groups attached to an aromatic ring is 1. The lowest BCUT2D eigenvalue weighted by Gasteiger charge is -2.07. The molecule has 2 rings (SSSR count). The van der Waals surface area contributed by atoms with Crippen LogP contribution >= 0.6 is 0 Å². The van der Waals surface area contributed by atoms with Gasteiger partial charge in [0.2, 0.25) is 0 Å². The zero-order valence-corrected chi connectivity index (χ0v) is 10.7. The van der Waals surface area contributed by atoms with Gasteiger partial charge >= 0.3 is 0 Å². The van der Waals surface area contributed by atoms with Crippen molar-refractivity contribution in [3.63, 3.8) is 0 Å². The average molecular weight is 272 g/mol. The van der Waals surface area contributed by atoms with E-state index in [9.17, 15) is 14.9 Å². The lowest BCUT2D eigenvalue weighted by molar-refractivity contribution is -0.385. The van der Waals surface area contributed by atoms with Crippen molar-refractivity contribution >= 4 is 23.0 Å². The molecular weight excluding hydrogens is 260 g/mol. The fraction of sp³-hybridized carbons (Fsp3) is 0.0769. The van der Waals surface area contributed by atoms with Gasteiger partial charge < -0.3 is 11.1 Å². The molecule has 1 aromatic heterocycles. The molecule has 20 heavy (non-hydrogen) atoms. The molecule has 0 unspecified atom stereocenters. The van der Waals surface area contributed by atoms with E-state index in [4.69, 9.17) is 5.73 Å². The first-order chi connectivity index (χ1) is 9.47. The predicted octanol–water partition coefficient (Wildman–Crippen LogP) is 2.13. The number of rotatable bonds is 3. The van der Waals surface area contributed by atoms with Gasteiger partial charge in [-0.05, 0) is 31.2 Å². The SMILES string of the molecule is Cc1cc(NC(=O)c2cc(N)ccc2[N+](=O)[O-])ccn1. The van der Waals surface area contributed by atoms with Crippen LogP contribution in [0.3, 0.4) is 0 Å². The number of anilines is 2. The third kappa shape index (κ3) is 2.89. The number of nitrogens with one attached hydrogen (secondary N) is 1. The zero-order chi connectivity index (χ0) is 14.7. The van der Waals surface area contributed by atoms with E-state index < -0.39 is 10.8 Å². The van der Waals surface area contributed by atoms with Crippen molar-refractivity contribution in [1.82, 2.24) is 4.98 Å². The molecule has 3 N–H and O–H groups in total. The number of hydrogen-bond acceptors (Lipinski definition) is 5. The average Bonchev–Trinajstić information content (AvgIpc) is 2.38. The lowest BCUT2D eigenvalue weighted by Crippen LogP contribution is -2.14. The molecule has 0 aliphatic rings. The fourth-order valence-corrected chi connectivity index (χ4v) is 1.72. The second-order valence-electron chi connectivity index (χ2n) is 4.17. The summed E-state index contributed by atoms with van der Waals surface area (Å²) in [5.74, 6) is -0.588. The Morgan fingerprint density at radius 1 is 1.35 bits per heavy atom. The van der Waals surface area contributed by atoms with Crippen LogP contribution in [0.25, 0.3) is 0 Å². The molecule has 7 heteroatoms. The number of hydrogen-bond donors (Lipinski definition) is 2. The van der Waals surface area contributed by atoms with Crippen molar-refractivity contribution in [2.24, 2.45) is 0 Å². The van der Waals surface area contributed by atoms with Crippen molar-refractivity contribution in [3.8, 4) is 0 Å². The quantitative estimate of drug-likeness (QED) is 0.505. The number of amides is 1. The van der Waals surface area contributed by atoms with Gasteiger partial charge in [-0.15, -0.1) is 0 Å². The molecule has 0 radical (unpaired) electrons. The van der Waals surface area contributed by atoms with Gasteiger partial charge in [0.1, 0.15) is 5.56 Å². The standard InChI is InChI=1S/C13H12N4O3/c1-8-6-10(4-5-15-8)16-13(18)11-7-9(14)2-3-12(11)17(19)20/h2-7H,14H2,1H3,(H,15,16,18). The van der Waals surface area contributed by atoms with Gasteiger partial charge in [0.25, 0.3) is 11.6 Å². The second kappa shape index (κ2) is 5.35. The van der Waals surface area contributed by atoms with Crippen LogP contribution in [0.4, 0.5) is 17.1 Å². The van der Waals surface area contributed by atoms with Crippen molar-refractivity contribution < 1.29 is 9.72 Å². The van der Waals surface area contributed by atoms with Crippen LogP contribution in [-0.2, 0) is 0 Å². The van der Waals surface area contributed by atoms with Crippen LogP contribution < -0.4 is 11.1 Å². The highest BCUT2D eigenvalue weighted by Gasteiger charge is 2.20. The van der Waals surface area contributed by atoms with Gasteiger partial charge in [-0.1, -0.05) is 0 Å². The van der Waals surface area contributed by atoms with E-state index in [-0.39, 0.29) is 16.9 Å². The molecule has 0 bridgehead atoms. The summed E-state index contributed by atoms with van der Waals surface area (Å²) in [6.45, 7) is 1.78. The number of aryl methyl sites for hydroxylation is 1. The highest BCUT2D eigenvalue weighted by molar-refractivity contribution is 6.07. The predicted molar refractivity (Wildman–Crippen MR) is 74.4 cm³/mol. The van der Waals surface area contributed by atoms with Crippen LogP contribution in [0.2, 0.25) is 0 Å². The van der Waals surface area contributed by atoms with Crippen molar-refractivity contribution in [1.29, 1.82) is 0 Å². The molecule has 0 aliphatic heterocycles. The third-order valence-electron chi connectivity index (χ3n) is 2.62. The van der Waals surface area contributed by atoms with Crippen LogP contribution in [0.1, 0.15) is 16.1 Å². The number of aromatic nitrogens is 1. The Bertz CT molecular complexity index is 685. The smallest absolute Gasteiger partial charge is 0.282 e. The first-order valence-electron chi connectivity index (χ1n) is 5.75. The molecule has 1 heterocycles. The molecule has 1 amide bonds. The van der Waals surface area contributed by atoms with E-state index in [0.29, 0.717) is 5.69 Å². The Hall–Kier alpha value is -2.96. The maximum atomic E-state index is 12.1. The molecule has 0 aliphatic carbocycles. The zero-order valence-electron chi connectivity index (χ0n) is 10.7. The number of carbonyl (C=O) groups excluding carboxylic acids is 1. The Morgan fingerprint density at radius 2 is 2.10 bits per heavy atom. The summed E-state index contributed by atoms with van der Waals surface area (Å²) < 4.78 is 0. The largest absolute Gasteiger partial charge is 0.399 e. The minimum Gasteiger partial charge on any atom is -0.399 e. The van der Waals surface area contributed by atoms with Crippen molar-refractivity contribution in [2.45, 2.75) is 6.92 Å². The Balaban J connectivity index is 2.34. The Morgan fingerprint density at radius 3 is 2.75 bits per heavy atom. The van der Waals surface area contributed by atoms with Gasteiger partial charge in [-0.2, -0.15) is 0 Å². The molecule has 0 atom stereocenters. The summed E-state index contributed by atoms with van der Waals surface area (Å²) >= 11 is 0. The Labute approximate surface area is 114 Å². The summed E-state index contributed by atoms with van der Waals surface area (Å²) in [4.78, 5) is 26.4. The highest BCUT2D eigenvalue weighted by atomic mass is 16.6. The minimum atomic E-state index is -0.619. The van der Waals surface area contributed by atoms with Gasteiger partial charge in [-0.3, -0.25) is 19.9 Å². The summed E-state index contributed by atoms with van der Waals surface area (Å²) in [5, 5.41) is 13.5. The molecule has 0 saturated heterocycles. The van der Waals surface area contributed by atoms with E-state index in [0.717, 1.165) is 5.69 Å². The minimum absolute atomic E-state index is 0.0792. The van der Waals surface area contributed by atoms with E-state index in [1.807, 2.05) is 0 Å². The van der Waals surface area contributed by atoms with E-state index >= 15 is 0 Å². The number of nitro benzene ring substituents is 1. The molecule has 2 aromatic rings. The molecule has 0 saturated carbocycles. The topological polar surface area (TPSA) is 111 Å². The van der Waals surface area contributed by atoms with Gasteiger partial charge in [0.05, 0.1) is 4.92 Å². The van der Waals surface area contributed by atoms with Gasteiger partial charge in [0.15, 0.2) is 0 Å². The summed E-state index contributed by atoms with van der Waals surface area (Å²) in [6, 6.07) is 7.13. The normalized spacial score (nSPS) is 10.1. The van der Waals surface area contributed by atoms with Crippen LogP contribution in [0.5, 0.6) is 0 Å². The maximum absolute atomic E-state index is 12.1. The monoisotopic (exact) mass is 272 g/mol. The number of benzene rings is 1. The summed E-state index contributed by atoms with van der Waals surface area (Å²) in [6.07, 6.45) is 1.54. The molecule has 7 nitrogen and oxygen atoms in total. The number of nitro groups is 1. The fourth-order valence-electron chi connectivity index (χ4n) is 1.72. The van der Waals surface area contributed by atoms with Crippen LogP contribution in [0.15, 0.2) is 36.5 Å². The number of nitrogens with zero attached hydrogens (tertiary/aromatic N) is 2. The maximum Gasteiger partial charge on any atom is 0.282 e. The molecule has 0 fully saturated rings. The first-order valence-corrected chi connectivity index (χ1v) is 5.75. The molecule has 102 valence electrons. The Kier molecular flexibility index (Phi) is 3.60. The van der Waals surface area contributed by atoms with Gasteiger partial charge in [0, 0.05) is 29.3 Å². The van der Waals surface area contributed by atoms with Crippen LogP contribution in [0, 0.1) is 17.0 Å². The van der Waals surface area contributed by atoms with Gasteiger partial charge in [-0.25, -0.2) is 0 Å². The molecule has 1 aromatic carbocycles.